The van der Waals surface area contributed by atoms with Crippen molar-refractivity contribution in [3.05, 3.63) is 29.1 Å². The standard InChI is InChI=1S/C20H31BFNO4/c1-13(2)26-21(27-14(3)4)17-10-16-12-23(19(24)25-20(5,6)7)9-8-15(16)11-18(17)22/h10-11,13-14H,8-9,12H2,1-7H3. The van der Waals surface area contributed by atoms with Crippen LogP contribution in [0.15, 0.2) is 12.1 Å². The minimum Gasteiger partial charge on any atom is -0.444 e. The number of amides is 1. The van der Waals surface area contributed by atoms with Crippen molar-refractivity contribution in [3.63, 3.8) is 0 Å². The highest BCUT2D eigenvalue weighted by Gasteiger charge is 2.31. The molecular weight excluding hydrogens is 348 g/mol. The molecule has 0 aliphatic carbocycles. The molecule has 0 saturated heterocycles. The van der Waals surface area contributed by atoms with Crippen molar-refractivity contribution in [2.75, 3.05) is 6.54 Å². The van der Waals surface area contributed by atoms with E-state index in [0.717, 1.165) is 11.1 Å². The summed E-state index contributed by atoms with van der Waals surface area (Å²) in [4.78, 5) is 14.0. The van der Waals surface area contributed by atoms with Crippen LogP contribution in [0, 0.1) is 5.82 Å². The molecule has 7 heteroatoms. The van der Waals surface area contributed by atoms with Gasteiger partial charge in [0.1, 0.15) is 11.4 Å². The second-order valence-corrected chi connectivity index (χ2v) is 8.50. The average Bonchev–Trinajstić information content (AvgIpc) is 2.50. The summed E-state index contributed by atoms with van der Waals surface area (Å²) in [5.41, 5.74) is 1.62. The van der Waals surface area contributed by atoms with Crippen molar-refractivity contribution >= 4 is 18.7 Å². The van der Waals surface area contributed by atoms with Gasteiger partial charge in [-0.25, -0.2) is 9.18 Å². The van der Waals surface area contributed by atoms with Gasteiger partial charge in [-0.15, -0.1) is 0 Å². The van der Waals surface area contributed by atoms with Crippen LogP contribution in [0.4, 0.5) is 9.18 Å². The molecule has 0 unspecified atom stereocenters. The Kier molecular flexibility index (Phi) is 6.92. The fourth-order valence-electron chi connectivity index (χ4n) is 2.93. The second kappa shape index (κ2) is 8.61. The van der Waals surface area contributed by atoms with Crippen LogP contribution in [-0.4, -0.2) is 42.5 Å². The molecule has 150 valence electrons. The molecule has 1 aliphatic heterocycles. The predicted molar refractivity (Wildman–Crippen MR) is 105 cm³/mol. The molecule has 0 spiro atoms. The Morgan fingerprint density at radius 3 is 2.22 bits per heavy atom. The summed E-state index contributed by atoms with van der Waals surface area (Å²) in [7, 11) is -0.785. The number of fused-ring (bicyclic) bond motifs is 1. The number of hydrogen-bond acceptors (Lipinski definition) is 4. The van der Waals surface area contributed by atoms with Gasteiger partial charge in [-0.2, -0.15) is 0 Å². The highest BCUT2D eigenvalue weighted by Crippen LogP contribution is 2.22. The Morgan fingerprint density at radius 1 is 1.11 bits per heavy atom. The number of nitrogens with zero attached hydrogens (tertiary/aromatic N) is 1. The summed E-state index contributed by atoms with van der Waals surface area (Å²) in [6.07, 6.45) is 0.0179. The third kappa shape index (κ3) is 6.21. The van der Waals surface area contributed by atoms with Gasteiger partial charge in [0.25, 0.3) is 0 Å². The first-order valence-corrected chi connectivity index (χ1v) is 9.56. The van der Waals surface area contributed by atoms with E-state index in [-0.39, 0.29) is 24.1 Å². The number of carbonyl (C=O) groups is 1. The molecule has 1 aromatic rings. The first kappa shape index (κ1) is 21.7. The van der Waals surface area contributed by atoms with Crippen LogP contribution >= 0.6 is 0 Å². The number of benzene rings is 1. The van der Waals surface area contributed by atoms with Crippen molar-refractivity contribution < 1.29 is 23.2 Å². The van der Waals surface area contributed by atoms with E-state index in [9.17, 15) is 9.18 Å². The van der Waals surface area contributed by atoms with Gasteiger partial charge in [0, 0.05) is 30.8 Å². The highest BCUT2D eigenvalue weighted by atomic mass is 19.1. The zero-order chi connectivity index (χ0) is 20.4. The lowest BCUT2D eigenvalue weighted by molar-refractivity contribution is 0.0224. The number of carbonyl (C=O) groups excluding carboxylic acids is 1. The van der Waals surface area contributed by atoms with Gasteiger partial charge in [-0.3, -0.25) is 0 Å². The van der Waals surface area contributed by atoms with Crippen molar-refractivity contribution in [2.45, 2.75) is 79.2 Å². The molecule has 5 nitrogen and oxygen atoms in total. The van der Waals surface area contributed by atoms with Crippen LogP contribution in [0.2, 0.25) is 0 Å². The van der Waals surface area contributed by atoms with Gasteiger partial charge in [-0.05, 0) is 72.1 Å². The normalized spacial score (nSPS) is 14.5. The van der Waals surface area contributed by atoms with Crippen molar-refractivity contribution in [1.82, 2.24) is 4.90 Å². The van der Waals surface area contributed by atoms with Crippen molar-refractivity contribution in [2.24, 2.45) is 0 Å². The summed E-state index contributed by atoms with van der Waals surface area (Å²) in [5, 5.41) is 0. The zero-order valence-corrected chi connectivity index (χ0v) is 17.5. The van der Waals surface area contributed by atoms with Gasteiger partial charge in [-0.1, -0.05) is 6.07 Å². The van der Waals surface area contributed by atoms with E-state index in [1.165, 1.54) is 6.07 Å². The second-order valence-electron chi connectivity index (χ2n) is 8.50. The molecule has 0 aromatic heterocycles. The lowest BCUT2D eigenvalue weighted by Crippen LogP contribution is -2.44. The van der Waals surface area contributed by atoms with Crippen LogP contribution in [0.5, 0.6) is 0 Å². The maximum Gasteiger partial charge on any atom is 0.497 e. The maximum absolute atomic E-state index is 14.7. The summed E-state index contributed by atoms with van der Waals surface area (Å²) < 4.78 is 31.8. The molecule has 2 rings (SSSR count). The third-order valence-corrected chi connectivity index (χ3v) is 4.03. The Bertz CT molecular complexity index is 663. The van der Waals surface area contributed by atoms with Crippen LogP contribution < -0.4 is 5.46 Å². The Hall–Kier alpha value is -1.60. The fraction of sp³-hybridized carbons (Fsp3) is 0.650. The molecule has 1 aliphatic rings. The molecular formula is C20H31BFNO4. The topological polar surface area (TPSA) is 48.0 Å². The lowest BCUT2D eigenvalue weighted by atomic mass is 9.75. The molecule has 1 aromatic carbocycles. The summed E-state index contributed by atoms with van der Waals surface area (Å²) in [6, 6.07) is 3.30. The molecule has 1 amide bonds. The van der Waals surface area contributed by atoms with E-state index < -0.39 is 12.7 Å². The first-order valence-electron chi connectivity index (χ1n) is 9.56. The number of halogens is 1. The van der Waals surface area contributed by atoms with Crippen LogP contribution in [0.3, 0.4) is 0 Å². The SMILES string of the molecule is CC(C)OB(OC(C)C)c1cc2c(cc1F)CCN(C(=O)OC(C)(C)C)C2. The van der Waals surface area contributed by atoms with E-state index in [2.05, 4.69) is 0 Å². The Labute approximate surface area is 162 Å². The first-order chi connectivity index (χ1) is 12.5. The quantitative estimate of drug-likeness (QED) is 0.733. The lowest BCUT2D eigenvalue weighted by Gasteiger charge is -2.32. The molecule has 0 fully saturated rings. The zero-order valence-electron chi connectivity index (χ0n) is 17.5. The van der Waals surface area contributed by atoms with Gasteiger partial charge in [0.15, 0.2) is 0 Å². The van der Waals surface area contributed by atoms with E-state index in [1.807, 2.05) is 48.5 Å². The summed E-state index contributed by atoms with van der Waals surface area (Å²) in [6.45, 7) is 14.0. The van der Waals surface area contributed by atoms with E-state index in [0.29, 0.717) is 25.0 Å². The molecule has 1 heterocycles. The summed E-state index contributed by atoms with van der Waals surface area (Å²) >= 11 is 0. The van der Waals surface area contributed by atoms with E-state index >= 15 is 0 Å². The third-order valence-electron chi connectivity index (χ3n) is 4.03. The average molecular weight is 379 g/mol. The van der Waals surface area contributed by atoms with Gasteiger partial charge in [0.05, 0.1) is 0 Å². The Balaban J connectivity index is 2.27. The minimum atomic E-state index is -0.785. The molecule has 0 saturated carbocycles. The monoisotopic (exact) mass is 379 g/mol. The molecule has 0 N–H and O–H groups in total. The van der Waals surface area contributed by atoms with Crippen molar-refractivity contribution in [3.8, 4) is 0 Å². The number of rotatable bonds is 5. The van der Waals surface area contributed by atoms with Crippen LogP contribution in [0.25, 0.3) is 0 Å². The Morgan fingerprint density at radius 2 is 1.70 bits per heavy atom. The number of hydrogen-bond donors (Lipinski definition) is 0. The van der Waals surface area contributed by atoms with Gasteiger partial charge in [0.2, 0.25) is 0 Å². The smallest absolute Gasteiger partial charge is 0.444 e. The molecule has 0 bridgehead atoms. The largest absolute Gasteiger partial charge is 0.497 e. The molecule has 0 atom stereocenters. The van der Waals surface area contributed by atoms with Crippen LogP contribution in [-0.2, 0) is 27.0 Å². The maximum atomic E-state index is 14.7. The predicted octanol–water partition coefficient (Wildman–Crippen LogP) is 3.66. The highest BCUT2D eigenvalue weighted by molar-refractivity contribution is 6.61. The van der Waals surface area contributed by atoms with Gasteiger partial charge >= 0.3 is 13.2 Å². The van der Waals surface area contributed by atoms with E-state index in [1.54, 1.807) is 11.0 Å². The van der Waals surface area contributed by atoms with Crippen LogP contribution in [0.1, 0.15) is 59.6 Å². The number of ether oxygens (including phenoxy) is 1. The van der Waals surface area contributed by atoms with E-state index in [4.69, 9.17) is 14.0 Å². The summed E-state index contributed by atoms with van der Waals surface area (Å²) in [5.74, 6) is -0.342. The van der Waals surface area contributed by atoms with Crippen molar-refractivity contribution in [1.29, 1.82) is 0 Å². The minimum absolute atomic E-state index is 0.109. The molecule has 27 heavy (non-hydrogen) atoms. The molecule has 0 radical (unpaired) electrons. The fourth-order valence-corrected chi connectivity index (χ4v) is 2.93. The van der Waals surface area contributed by atoms with Gasteiger partial charge < -0.3 is 18.9 Å².